The van der Waals surface area contributed by atoms with Crippen LogP contribution in [0.3, 0.4) is 0 Å². The number of alkyl halides is 3. The van der Waals surface area contributed by atoms with Crippen molar-refractivity contribution >= 4 is 23.2 Å². The van der Waals surface area contributed by atoms with Crippen LogP contribution < -0.4 is 5.32 Å². The molecule has 138 valence electrons. The molecule has 2 aromatic heterocycles. The van der Waals surface area contributed by atoms with Gasteiger partial charge in [0.25, 0.3) is 5.78 Å². The van der Waals surface area contributed by atoms with Crippen LogP contribution in [-0.2, 0) is 6.42 Å². The molecular weight excluding hydrogens is 355 g/mol. The van der Waals surface area contributed by atoms with Crippen LogP contribution in [0.1, 0.15) is 51.1 Å². The average Bonchev–Trinajstić information content (AvgIpc) is 3.04. The first-order valence-corrected chi connectivity index (χ1v) is 8.96. The second-order valence-corrected chi connectivity index (χ2v) is 6.94. The van der Waals surface area contributed by atoms with Gasteiger partial charge in [-0.05, 0) is 44.4 Å². The maximum Gasteiger partial charge on any atom is 0.389 e. The van der Waals surface area contributed by atoms with Crippen LogP contribution in [0.25, 0.3) is 5.78 Å². The van der Waals surface area contributed by atoms with Crippen LogP contribution in [0.4, 0.5) is 19.0 Å². The Bertz CT molecular complexity index is 722. The predicted octanol–water partition coefficient (Wildman–Crippen LogP) is 4.65. The van der Waals surface area contributed by atoms with Gasteiger partial charge in [0.05, 0.1) is 5.69 Å². The standard InChI is InChI=1S/C16H21ClF3N5/c1-2-12-13(17)14(25-15(24-12)21-9-22-25)23-11-5-3-10(4-6-11)7-8-16(18,19)20/h9-11,23H,2-8H2,1H3/t10-,11+. The van der Waals surface area contributed by atoms with Crippen molar-refractivity contribution in [3.8, 4) is 0 Å². The molecule has 1 saturated carbocycles. The molecule has 1 N–H and O–H groups in total. The van der Waals surface area contributed by atoms with E-state index in [1.165, 1.54) is 6.33 Å². The first-order valence-electron chi connectivity index (χ1n) is 8.58. The number of halogens is 4. The lowest BCUT2D eigenvalue weighted by molar-refractivity contribution is -0.138. The summed E-state index contributed by atoms with van der Waals surface area (Å²) in [7, 11) is 0. The Morgan fingerprint density at radius 3 is 2.64 bits per heavy atom. The van der Waals surface area contributed by atoms with Crippen molar-refractivity contribution in [2.45, 2.75) is 64.1 Å². The first-order chi connectivity index (χ1) is 11.9. The summed E-state index contributed by atoms with van der Waals surface area (Å²) in [5, 5.41) is 8.10. The highest BCUT2D eigenvalue weighted by Crippen LogP contribution is 2.34. The van der Waals surface area contributed by atoms with Gasteiger partial charge >= 0.3 is 6.18 Å². The molecule has 0 unspecified atom stereocenters. The van der Waals surface area contributed by atoms with E-state index in [9.17, 15) is 13.2 Å². The van der Waals surface area contributed by atoms with Crippen LogP contribution in [0.2, 0.25) is 5.02 Å². The van der Waals surface area contributed by atoms with E-state index < -0.39 is 12.6 Å². The molecule has 0 aliphatic heterocycles. The molecule has 3 rings (SSSR count). The molecular formula is C16H21ClF3N5. The number of fused-ring (bicyclic) bond motifs is 1. The molecule has 9 heteroatoms. The molecule has 25 heavy (non-hydrogen) atoms. The molecule has 2 aromatic rings. The van der Waals surface area contributed by atoms with Crippen LogP contribution in [0.15, 0.2) is 6.33 Å². The van der Waals surface area contributed by atoms with Crippen molar-refractivity contribution in [2.75, 3.05) is 5.32 Å². The van der Waals surface area contributed by atoms with Crippen LogP contribution in [-0.4, -0.2) is 31.8 Å². The zero-order chi connectivity index (χ0) is 18.0. The van der Waals surface area contributed by atoms with Crippen molar-refractivity contribution < 1.29 is 13.2 Å². The quantitative estimate of drug-likeness (QED) is 0.826. The molecule has 1 aliphatic carbocycles. The number of hydrogen-bond acceptors (Lipinski definition) is 4. The van der Waals surface area contributed by atoms with E-state index in [1.807, 2.05) is 6.92 Å². The number of nitrogens with zero attached hydrogens (tertiary/aromatic N) is 4. The third-order valence-electron chi connectivity index (χ3n) is 4.80. The van der Waals surface area contributed by atoms with Gasteiger partial charge in [-0.2, -0.15) is 27.8 Å². The number of nitrogens with one attached hydrogen (secondary N) is 1. The third kappa shape index (κ3) is 4.34. The molecule has 1 aliphatic rings. The SMILES string of the molecule is CCc1nc2ncnn2c(N[C@H]2CC[C@@H](CCC(F)(F)F)CC2)c1Cl. The summed E-state index contributed by atoms with van der Waals surface area (Å²) in [4.78, 5) is 8.49. The van der Waals surface area contributed by atoms with Crippen molar-refractivity contribution in [1.29, 1.82) is 0 Å². The monoisotopic (exact) mass is 375 g/mol. The molecule has 0 aromatic carbocycles. The van der Waals surface area contributed by atoms with Crippen molar-refractivity contribution in [2.24, 2.45) is 5.92 Å². The van der Waals surface area contributed by atoms with Gasteiger partial charge in [0, 0.05) is 12.5 Å². The van der Waals surface area contributed by atoms with E-state index in [4.69, 9.17) is 11.6 Å². The fourth-order valence-electron chi connectivity index (χ4n) is 3.38. The highest BCUT2D eigenvalue weighted by atomic mass is 35.5. The summed E-state index contributed by atoms with van der Waals surface area (Å²) in [5.41, 5.74) is 0.753. The smallest absolute Gasteiger partial charge is 0.366 e. The zero-order valence-corrected chi connectivity index (χ0v) is 14.7. The van der Waals surface area contributed by atoms with Gasteiger partial charge in [-0.25, -0.2) is 4.98 Å². The molecule has 0 atom stereocenters. The Morgan fingerprint density at radius 1 is 1.28 bits per heavy atom. The van der Waals surface area contributed by atoms with Crippen molar-refractivity contribution in [1.82, 2.24) is 19.6 Å². The van der Waals surface area contributed by atoms with Crippen molar-refractivity contribution in [3.63, 3.8) is 0 Å². The van der Waals surface area contributed by atoms with Crippen LogP contribution >= 0.6 is 11.6 Å². The Balaban J connectivity index is 1.65. The largest absolute Gasteiger partial charge is 0.389 e. The van der Waals surface area contributed by atoms with Gasteiger partial charge in [-0.15, -0.1) is 0 Å². The summed E-state index contributed by atoms with van der Waals surface area (Å²) in [6.07, 6.45) is 0.797. The number of aromatic nitrogens is 4. The lowest BCUT2D eigenvalue weighted by Crippen LogP contribution is -2.28. The Hall–Kier alpha value is -1.57. The van der Waals surface area contributed by atoms with E-state index in [1.54, 1.807) is 4.52 Å². The highest BCUT2D eigenvalue weighted by Gasteiger charge is 2.30. The summed E-state index contributed by atoms with van der Waals surface area (Å²) < 4.78 is 38.7. The fraction of sp³-hybridized carbons (Fsp3) is 0.688. The van der Waals surface area contributed by atoms with Gasteiger partial charge < -0.3 is 5.32 Å². The Morgan fingerprint density at radius 2 is 2.00 bits per heavy atom. The van der Waals surface area contributed by atoms with Crippen LogP contribution in [0.5, 0.6) is 0 Å². The molecule has 0 amide bonds. The molecule has 0 spiro atoms. The topological polar surface area (TPSA) is 55.1 Å². The normalized spacial score (nSPS) is 21.6. The Kier molecular flexibility index (Phi) is 5.36. The fourth-order valence-corrected chi connectivity index (χ4v) is 3.69. The van der Waals surface area contributed by atoms with Gasteiger partial charge in [0.1, 0.15) is 11.3 Å². The van der Waals surface area contributed by atoms with E-state index in [2.05, 4.69) is 20.4 Å². The molecule has 0 bridgehead atoms. The first kappa shape index (κ1) is 18.2. The number of hydrogen-bond donors (Lipinski definition) is 1. The lowest BCUT2D eigenvalue weighted by Gasteiger charge is -2.30. The zero-order valence-electron chi connectivity index (χ0n) is 14.0. The lowest BCUT2D eigenvalue weighted by atomic mass is 9.83. The van der Waals surface area contributed by atoms with Gasteiger partial charge in [-0.1, -0.05) is 18.5 Å². The molecule has 1 fully saturated rings. The number of anilines is 1. The maximum atomic E-state index is 12.4. The summed E-state index contributed by atoms with van der Waals surface area (Å²) >= 11 is 6.45. The molecule has 0 saturated heterocycles. The highest BCUT2D eigenvalue weighted by molar-refractivity contribution is 6.33. The van der Waals surface area contributed by atoms with E-state index in [-0.39, 0.29) is 18.4 Å². The second kappa shape index (κ2) is 7.35. The van der Waals surface area contributed by atoms with Crippen molar-refractivity contribution in [3.05, 3.63) is 17.0 Å². The maximum absolute atomic E-state index is 12.4. The third-order valence-corrected chi connectivity index (χ3v) is 5.19. The molecule has 0 radical (unpaired) electrons. The summed E-state index contributed by atoms with van der Waals surface area (Å²) in [6, 6.07) is 0.166. The Labute approximate surface area is 149 Å². The van der Waals surface area contributed by atoms with Gasteiger partial charge in [0.15, 0.2) is 5.82 Å². The number of rotatable bonds is 5. The summed E-state index contributed by atoms with van der Waals surface area (Å²) in [6.45, 7) is 1.97. The summed E-state index contributed by atoms with van der Waals surface area (Å²) in [5.74, 6) is 1.30. The van der Waals surface area contributed by atoms with Gasteiger partial charge in [-0.3, -0.25) is 0 Å². The van der Waals surface area contributed by atoms with E-state index in [0.717, 1.165) is 31.4 Å². The average molecular weight is 376 g/mol. The molecule has 5 nitrogen and oxygen atoms in total. The minimum absolute atomic E-state index is 0.144. The van der Waals surface area contributed by atoms with Gasteiger partial charge in [0.2, 0.25) is 0 Å². The van der Waals surface area contributed by atoms with E-state index in [0.29, 0.717) is 23.0 Å². The molecule has 2 heterocycles. The van der Waals surface area contributed by atoms with Crippen LogP contribution in [0, 0.1) is 5.92 Å². The second-order valence-electron chi connectivity index (χ2n) is 6.56. The predicted molar refractivity (Wildman–Crippen MR) is 89.8 cm³/mol. The van der Waals surface area contributed by atoms with E-state index >= 15 is 0 Å². The minimum atomic E-state index is -4.06. The number of aryl methyl sites for hydroxylation is 1. The minimum Gasteiger partial charge on any atom is -0.366 e.